The van der Waals surface area contributed by atoms with Crippen molar-refractivity contribution >= 4 is 12.4 Å². The first kappa shape index (κ1) is 9.51. The third kappa shape index (κ3) is 2.70. The number of aliphatic hydroxyl groups excluding tert-OH is 1. The quantitative estimate of drug-likeness (QED) is 0.356. The smallest absolute Gasteiger partial charge is 0.291 e. The van der Waals surface area contributed by atoms with Crippen molar-refractivity contribution in [3.63, 3.8) is 0 Å². The highest BCUT2D eigenvalue weighted by atomic mass is 16.3. The Kier molecular flexibility index (Phi) is 3.17. The lowest BCUT2D eigenvalue weighted by molar-refractivity contribution is -0.0110. The summed E-state index contributed by atoms with van der Waals surface area (Å²) in [5.74, 6) is 0. The van der Waals surface area contributed by atoms with E-state index in [2.05, 4.69) is 14.6 Å². The van der Waals surface area contributed by atoms with Gasteiger partial charge in [0.05, 0.1) is 12.8 Å². The molecule has 1 rings (SSSR count). The zero-order chi connectivity index (χ0) is 12.2. The Morgan fingerprint density at radius 2 is 1.87 bits per heavy atom. The molecule has 2 atom stereocenters. The molecule has 0 aliphatic carbocycles. The Bertz CT molecular complexity index is 471. The van der Waals surface area contributed by atoms with Crippen LogP contribution in [-0.4, -0.2) is 37.2 Å². The number of hydrogen-bond donors (Lipinski definition) is 3. The number of aliphatic hydroxyl groups is 2. The first-order valence-electron chi connectivity index (χ1n) is 4.47. The molecule has 0 aliphatic heterocycles. The summed E-state index contributed by atoms with van der Waals surface area (Å²) in [7, 11) is 0. The van der Waals surface area contributed by atoms with Crippen molar-refractivity contribution in [3.05, 3.63) is 34.6 Å². The fraction of sp³-hybridized carbons (Fsp3) is 0.250. The summed E-state index contributed by atoms with van der Waals surface area (Å²) < 4.78 is 7.37. The predicted octanol–water partition coefficient (Wildman–Crippen LogP) is -0.317. The van der Waals surface area contributed by atoms with Crippen LogP contribution in [0, 0.1) is 0 Å². The Hall–Kier alpha value is -2.04. The minimum absolute atomic E-state index is 0.00527. The van der Waals surface area contributed by atoms with E-state index >= 15 is 0 Å². The summed E-state index contributed by atoms with van der Waals surface area (Å²) in [4.78, 5) is 7.74. The third-order valence-electron chi connectivity index (χ3n) is 1.69. The van der Waals surface area contributed by atoms with E-state index in [1.54, 1.807) is 0 Å². The molecule has 1 heterocycles. The molecule has 0 spiro atoms. The SMILES string of the molecule is [2H]C(O)(C=[N+]=[N-])c1ccc(C(O)C=[N+]=[N-])[nH]1. The van der Waals surface area contributed by atoms with Gasteiger partial charge < -0.3 is 26.3 Å². The molecule has 0 bridgehead atoms. The van der Waals surface area contributed by atoms with Gasteiger partial charge in [-0.3, -0.25) is 0 Å². The maximum absolute atomic E-state index is 9.47. The van der Waals surface area contributed by atoms with Gasteiger partial charge in [0, 0.05) is 0 Å². The number of nitrogens with zero attached hydrogens (tertiary/aromatic N) is 4. The normalized spacial score (nSPS) is 16.5. The molecule has 0 saturated heterocycles. The van der Waals surface area contributed by atoms with Crippen LogP contribution in [0.3, 0.4) is 0 Å². The van der Waals surface area contributed by atoms with E-state index in [0.29, 0.717) is 6.21 Å². The van der Waals surface area contributed by atoms with Gasteiger partial charge in [-0.15, -0.1) is 0 Å². The minimum Gasteiger partial charge on any atom is -0.376 e. The summed E-state index contributed by atoms with van der Waals surface area (Å²) in [5.41, 5.74) is 16.7. The Balaban J connectivity index is 3.03. The molecule has 1 aromatic heterocycles. The zero-order valence-corrected chi connectivity index (χ0v) is 7.57. The lowest BCUT2D eigenvalue weighted by Gasteiger charge is -1.98. The number of hydrogen-bond acceptors (Lipinski definition) is 2. The molecule has 15 heavy (non-hydrogen) atoms. The molecule has 2 unspecified atom stereocenters. The summed E-state index contributed by atoms with van der Waals surface area (Å²) in [5, 5.41) is 18.8. The number of rotatable bonds is 4. The van der Waals surface area contributed by atoms with E-state index in [1.165, 1.54) is 12.1 Å². The molecule has 0 aliphatic rings. The fourth-order valence-electron chi connectivity index (χ4n) is 1.00. The largest absolute Gasteiger partial charge is 0.376 e. The van der Waals surface area contributed by atoms with Crippen molar-refractivity contribution in [2.45, 2.75) is 12.2 Å². The van der Waals surface area contributed by atoms with Gasteiger partial charge >= 0.3 is 0 Å². The van der Waals surface area contributed by atoms with E-state index in [-0.39, 0.29) is 11.4 Å². The van der Waals surface area contributed by atoms with E-state index in [9.17, 15) is 10.2 Å². The van der Waals surface area contributed by atoms with Gasteiger partial charge in [0.2, 0.25) is 0 Å². The number of nitrogens with one attached hydrogen (secondary N) is 1. The van der Waals surface area contributed by atoms with Gasteiger partial charge in [-0.2, -0.15) is 9.58 Å². The van der Waals surface area contributed by atoms with E-state index < -0.39 is 12.2 Å². The number of aromatic nitrogens is 1. The van der Waals surface area contributed by atoms with Crippen molar-refractivity contribution in [2.24, 2.45) is 0 Å². The second kappa shape index (κ2) is 4.99. The van der Waals surface area contributed by atoms with Crippen LogP contribution in [0.25, 0.3) is 11.1 Å². The third-order valence-corrected chi connectivity index (χ3v) is 1.69. The maximum atomic E-state index is 9.47. The van der Waals surface area contributed by atoms with Gasteiger partial charge in [-0.25, -0.2) is 0 Å². The molecule has 78 valence electrons. The first-order chi connectivity index (χ1) is 7.51. The predicted molar refractivity (Wildman–Crippen MR) is 50.1 cm³/mol. The molecule has 0 amide bonds. The van der Waals surface area contributed by atoms with Crippen LogP contribution in [0.5, 0.6) is 0 Å². The summed E-state index contributed by atoms with van der Waals surface area (Å²) in [6.07, 6.45) is -1.93. The average Bonchev–Trinajstić information content (AvgIpc) is 2.67. The van der Waals surface area contributed by atoms with Crippen LogP contribution >= 0.6 is 0 Å². The van der Waals surface area contributed by atoms with Crippen LogP contribution in [0.1, 0.15) is 24.9 Å². The standard InChI is InChI=1S/C8H9N5O2/c9-11-3-7(14)5-1-2-6(13-5)8(15)4-12-10/h1-4,7-8,13-15H/i7D. The van der Waals surface area contributed by atoms with E-state index in [0.717, 1.165) is 6.21 Å². The van der Waals surface area contributed by atoms with Gasteiger partial charge in [-0.05, 0) is 12.1 Å². The van der Waals surface area contributed by atoms with Gasteiger partial charge in [-0.1, -0.05) is 0 Å². The summed E-state index contributed by atoms with van der Waals surface area (Å²) in [6, 6.07) is 2.73. The molecular weight excluding hydrogens is 198 g/mol. The van der Waals surface area contributed by atoms with Crippen molar-refractivity contribution in [2.75, 3.05) is 0 Å². The van der Waals surface area contributed by atoms with Crippen LogP contribution in [0.2, 0.25) is 0 Å². The van der Waals surface area contributed by atoms with Crippen LogP contribution in [0.4, 0.5) is 0 Å². The molecular formula is C8H9N5O2. The molecule has 7 nitrogen and oxygen atoms in total. The average molecular weight is 208 g/mol. The second-order valence-corrected chi connectivity index (χ2v) is 2.67. The van der Waals surface area contributed by atoms with Crippen LogP contribution < -0.4 is 0 Å². The van der Waals surface area contributed by atoms with Crippen molar-refractivity contribution in [1.29, 1.82) is 0 Å². The van der Waals surface area contributed by atoms with Gasteiger partial charge in [0.1, 0.15) is 0 Å². The van der Waals surface area contributed by atoms with E-state index in [4.69, 9.17) is 12.4 Å². The van der Waals surface area contributed by atoms with Crippen LogP contribution in [-0.2, 0) is 0 Å². The molecule has 1 aromatic rings. The van der Waals surface area contributed by atoms with Gasteiger partial charge in [0.25, 0.3) is 12.4 Å². The molecule has 3 N–H and O–H groups in total. The van der Waals surface area contributed by atoms with Crippen molar-refractivity contribution in [1.82, 2.24) is 4.98 Å². The van der Waals surface area contributed by atoms with Crippen LogP contribution in [0.15, 0.2) is 12.1 Å². The molecule has 0 fully saturated rings. The Morgan fingerprint density at radius 1 is 1.27 bits per heavy atom. The molecule has 0 aromatic carbocycles. The Labute approximate surface area is 86.3 Å². The summed E-state index contributed by atoms with van der Waals surface area (Å²) >= 11 is 0. The highest BCUT2D eigenvalue weighted by Gasteiger charge is 2.15. The molecule has 0 radical (unpaired) electrons. The fourth-order valence-corrected chi connectivity index (χ4v) is 1.00. The lowest BCUT2D eigenvalue weighted by Crippen LogP contribution is -2.03. The first-order valence-corrected chi connectivity index (χ1v) is 3.97. The number of H-pyrrole nitrogens is 1. The minimum atomic E-state index is -2.22. The monoisotopic (exact) mass is 208 g/mol. The molecule has 7 heteroatoms. The second-order valence-electron chi connectivity index (χ2n) is 2.67. The highest BCUT2D eigenvalue weighted by Crippen LogP contribution is 2.14. The molecule has 0 saturated carbocycles. The van der Waals surface area contributed by atoms with Gasteiger partial charge in [0.15, 0.2) is 12.2 Å². The highest BCUT2D eigenvalue weighted by molar-refractivity contribution is 5.61. The lowest BCUT2D eigenvalue weighted by atomic mass is 10.3. The van der Waals surface area contributed by atoms with Crippen molar-refractivity contribution < 1.29 is 21.2 Å². The topological polar surface area (TPSA) is 129 Å². The number of aromatic amines is 1. The van der Waals surface area contributed by atoms with E-state index in [1.807, 2.05) is 0 Å². The maximum Gasteiger partial charge on any atom is 0.291 e. The zero-order valence-electron chi connectivity index (χ0n) is 8.57. The Morgan fingerprint density at radius 3 is 2.47 bits per heavy atom. The summed E-state index contributed by atoms with van der Waals surface area (Å²) in [6.45, 7) is 0. The van der Waals surface area contributed by atoms with Crippen molar-refractivity contribution in [3.8, 4) is 0 Å².